The number of likely N-dealkylation sites (tertiary alicyclic amines) is 1. The van der Waals surface area contributed by atoms with E-state index in [0.717, 1.165) is 23.0 Å². The van der Waals surface area contributed by atoms with E-state index in [2.05, 4.69) is 4.98 Å². The number of carboxylic acids is 1. The lowest BCUT2D eigenvalue weighted by molar-refractivity contribution is -0.131. The number of H-pyrrole nitrogens is 1. The Kier molecular flexibility index (Phi) is 5.25. The van der Waals surface area contributed by atoms with Gasteiger partial charge < -0.3 is 15.0 Å². The molecule has 1 aromatic carbocycles. The Labute approximate surface area is 155 Å². The standard InChI is InChI=1S/C19H21N3O5/c1-21-17(24)15(10-20-19(21)27)9-16(23)22-7-3-6-14(11-22)12-4-2-5-13(8-12)18(25)26/h2,4-5,8,10,14H,3,6-7,9,11H2,1H3,(H,20,27)(H,25,26)/t14-/m0/s1. The SMILES string of the molecule is Cn1c(=O)[nH]cc(CC(=O)N2CCC[C@H](c3cccc(C(=O)O)c3)C2)c1=O. The first kappa shape index (κ1) is 18.6. The average molecular weight is 371 g/mol. The fourth-order valence-electron chi connectivity index (χ4n) is 3.42. The summed E-state index contributed by atoms with van der Waals surface area (Å²) in [4.78, 5) is 51.5. The number of benzene rings is 1. The van der Waals surface area contributed by atoms with Crippen LogP contribution in [0.3, 0.4) is 0 Å². The monoisotopic (exact) mass is 371 g/mol. The number of nitrogens with zero attached hydrogens (tertiary/aromatic N) is 2. The van der Waals surface area contributed by atoms with Crippen molar-refractivity contribution in [1.82, 2.24) is 14.5 Å². The highest BCUT2D eigenvalue weighted by Crippen LogP contribution is 2.27. The summed E-state index contributed by atoms with van der Waals surface area (Å²) < 4.78 is 0.943. The molecule has 27 heavy (non-hydrogen) atoms. The second kappa shape index (κ2) is 7.61. The van der Waals surface area contributed by atoms with Gasteiger partial charge in [0.15, 0.2) is 0 Å². The van der Waals surface area contributed by atoms with E-state index in [4.69, 9.17) is 5.11 Å². The molecule has 2 heterocycles. The molecule has 3 rings (SSSR count). The molecule has 142 valence electrons. The molecule has 1 aliphatic heterocycles. The second-order valence-corrected chi connectivity index (χ2v) is 6.77. The summed E-state index contributed by atoms with van der Waals surface area (Å²) in [5.41, 5.74) is 0.375. The fourth-order valence-corrected chi connectivity index (χ4v) is 3.42. The molecule has 1 fully saturated rings. The first-order valence-corrected chi connectivity index (χ1v) is 8.75. The molecule has 2 aromatic rings. The number of carbonyl (C=O) groups is 2. The van der Waals surface area contributed by atoms with Gasteiger partial charge >= 0.3 is 11.7 Å². The number of carboxylic acid groups (broad SMARTS) is 1. The van der Waals surface area contributed by atoms with Crippen LogP contribution in [-0.2, 0) is 18.3 Å². The Morgan fingerprint density at radius 1 is 1.30 bits per heavy atom. The van der Waals surface area contributed by atoms with Crippen LogP contribution >= 0.6 is 0 Å². The fraction of sp³-hybridized carbons (Fsp3) is 0.368. The van der Waals surface area contributed by atoms with Crippen LogP contribution < -0.4 is 11.2 Å². The number of amides is 1. The van der Waals surface area contributed by atoms with Gasteiger partial charge in [-0.25, -0.2) is 9.59 Å². The van der Waals surface area contributed by atoms with E-state index in [-0.39, 0.29) is 29.4 Å². The first-order valence-electron chi connectivity index (χ1n) is 8.75. The smallest absolute Gasteiger partial charge is 0.335 e. The second-order valence-electron chi connectivity index (χ2n) is 6.77. The molecule has 1 aliphatic rings. The lowest BCUT2D eigenvalue weighted by atomic mass is 9.89. The van der Waals surface area contributed by atoms with E-state index >= 15 is 0 Å². The highest BCUT2D eigenvalue weighted by Gasteiger charge is 2.26. The van der Waals surface area contributed by atoms with Gasteiger partial charge in [-0.2, -0.15) is 0 Å². The number of piperidine rings is 1. The van der Waals surface area contributed by atoms with Crippen LogP contribution in [0.25, 0.3) is 0 Å². The molecule has 2 N–H and O–H groups in total. The van der Waals surface area contributed by atoms with Gasteiger partial charge in [-0.05, 0) is 30.5 Å². The van der Waals surface area contributed by atoms with Crippen molar-refractivity contribution in [3.8, 4) is 0 Å². The summed E-state index contributed by atoms with van der Waals surface area (Å²) >= 11 is 0. The van der Waals surface area contributed by atoms with Crippen LogP contribution in [0.5, 0.6) is 0 Å². The maximum absolute atomic E-state index is 12.7. The Morgan fingerprint density at radius 3 is 2.81 bits per heavy atom. The van der Waals surface area contributed by atoms with Crippen molar-refractivity contribution >= 4 is 11.9 Å². The molecule has 1 saturated heterocycles. The van der Waals surface area contributed by atoms with Crippen molar-refractivity contribution in [2.75, 3.05) is 13.1 Å². The van der Waals surface area contributed by atoms with Gasteiger partial charge in [0.1, 0.15) is 0 Å². The molecular weight excluding hydrogens is 350 g/mol. The predicted octanol–water partition coefficient (Wildman–Crippen LogP) is 0.720. The molecule has 8 nitrogen and oxygen atoms in total. The normalized spacial score (nSPS) is 16.9. The number of aromatic carboxylic acids is 1. The number of nitrogens with one attached hydrogen (secondary N) is 1. The predicted molar refractivity (Wildman–Crippen MR) is 98.0 cm³/mol. The van der Waals surface area contributed by atoms with Crippen LogP contribution in [0.1, 0.15) is 40.2 Å². The van der Waals surface area contributed by atoms with Crippen molar-refractivity contribution in [2.45, 2.75) is 25.2 Å². The summed E-state index contributed by atoms with van der Waals surface area (Å²) in [6, 6.07) is 6.79. The Bertz CT molecular complexity index is 991. The quantitative estimate of drug-likeness (QED) is 0.822. The molecule has 0 radical (unpaired) electrons. The van der Waals surface area contributed by atoms with E-state index in [0.29, 0.717) is 13.1 Å². The number of hydrogen-bond acceptors (Lipinski definition) is 4. The Balaban J connectivity index is 1.74. The summed E-state index contributed by atoms with van der Waals surface area (Å²) in [5, 5.41) is 9.16. The lowest BCUT2D eigenvalue weighted by Crippen LogP contribution is -2.42. The largest absolute Gasteiger partial charge is 0.478 e. The van der Waals surface area contributed by atoms with Crippen LogP contribution in [0.2, 0.25) is 0 Å². The van der Waals surface area contributed by atoms with Crippen LogP contribution in [0.15, 0.2) is 40.1 Å². The molecule has 1 atom stereocenters. The molecule has 0 bridgehead atoms. The van der Waals surface area contributed by atoms with Crippen LogP contribution in [0, 0.1) is 0 Å². The van der Waals surface area contributed by atoms with Gasteiger partial charge in [0.25, 0.3) is 5.56 Å². The number of carbonyl (C=O) groups excluding carboxylic acids is 1. The molecule has 1 amide bonds. The first-order chi connectivity index (χ1) is 12.9. The van der Waals surface area contributed by atoms with Gasteiger partial charge in [-0.15, -0.1) is 0 Å². The van der Waals surface area contributed by atoms with Crippen molar-refractivity contribution in [3.63, 3.8) is 0 Å². The summed E-state index contributed by atoms with van der Waals surface area (Å²) in [6.45, 7) is 1.07. The molecular formula is C19H21N3O5. The maximum atomic E-state index is 12.7. The summed E-state index contributed by atoms with van der Waals surface area (Å²) in [7, 11) is 1.36. The third kappa shape index (κ3) is 3.99. The zero-order chi connectivity index (χ0) is 19.6. The van der Waals surface area contributed by atoms with Gasteiger partial charge in [0.2, 0.25) is 5.91 Å². The molecule has 0 unspecified atom stereocenters. The number of aromatic amines is 1. The topological polar surface area (TPSA) is 112 Å². The zero-order valence-electron chi connectivity index (χ0n) is 15.0. The average Bonchev–Trinajstić information content (AvgIpc) is 2.68. The van der Waals surface area contributed by atoms with Crippen molar-refractivity contribution < 1.29 is 14.7 Å². The number of rotatable bonds is 4. The molecule has 1 aromatic heterocycles. The van der Waals surface area contributed by atoms with E-state index in [1.54, 1.807) is 23.1 Å². The van der Waals surface area contributed by atoms with Crippen molar-refractivity contribution in [3.05, 3.63) is 68.0 Å². The lowest BCUT2D eigenvalue weighted by Gasteiger charge is -2.33. The van der Waals surface area contributed by atoms with Crippen molar-refractivity contribution in [1.29, 1.82) is 0 Å². The minimum absolute atomic E-state index is 0.0559. The van der Waals surface area contributed by atoms with E-state index in [1.807, 2.05) is 6.07 Å². The van der Waals surface area contributed by atoms with E-state index in [1.165, 1.54) is 13.2 Å². The van der Waals surface area contributed by atoms with E-state index in [9.17, 15) is 19.2 Å². The van der Waals surface area contributed by atoms with Crippen LogP contribution in [-0.4, -0.2) is 44.5 Å². The highest BCUT2D eigenvalue weighted by molar-refractivity contribution is 5.87. The molecule has 0 saturated carbocycles. The maximum Gasteiger partial charge on any atom is 0.335 e. The van der Waals surface area contributed by atoms with Gasteiger partial charge in [0, 0.05) is 37.8 Å². The Morgan fingerprint density at radius 2 is 2.07 bits per heavy atom. The summed E-state index contributed by atoms with van der Waals surface area (Å²) in [6.07, 6.45) is 2.89. The summed E-state index contributed by atoms with van der Waals surface area (Å²) in [5.74, 6) is -1.10. The third-order valence-corrected chi connectivity index (χ3v) is 4.97. The third-order valence-electron chi connectivity index (χ3n) is 4.97. The minimum Gasteiger partial charge on any atom is -0.478 e. The zero-order valence-corrected chi connectivity index (χ0v) is 15.0. The van der Waals surface area contributed by atoms with Gasteiger partial charge in [-0.3, -0.25) is 14.2 Å². The Hall–Kier alpha value is -3.16. The van der Waals surface area contributed by atoms with Gasteiger partial charge in [0.05, 0.1) is 12.0 Å². The molecule has 8 heteroatoms. The molecule has 0 aliphatic carbocycles. The number of aromatic nitrogens is 2. The number of hydrogen-bond donors (Lipinski definition) is 2. The highest BCUT2D eigenvalue weighted by atomic mass is 16.4. The van der Waals surface area contributed by atoms with Gasteiger partial charge in [-0.1, -0.05) is 12.1 Å². The van der Waals surface area contributed by atoms with Crippen LogP contribution in [0.4, 0.5) is 0 Å². The van der Waals surface area contributed by atoms with Crippen molar-refractivity contribution in [2.24, 2.45) is 7.05 Å². The molecule has 0 spiro atoms. The van der Waals surface area contributed by atoms with E-state index < -0.39 is 17.2 Å². The minimum atomic E-state index is -0.977.